The molecule has 3 aliphatic rings. The second-order valence-corrected chi connectivity index (χ2v) is 8.97. The average Bonchev–Trinajstić information content (AvgIpc) is 3.05. The number of morpholine rings is 1. The van der Waals surface area contributed by atoms with Gasteiger partial charge in [-0.25, -0.2) is 0 Å². The van der Waals surface area contributed by atoms with Crippen LogP contribution in [0.4, 0.5) is 0 Å². The minimum absolute atomic E-state index is 0.554. The van der Waals surface area contributed by atoms with Crippen molar-refractivity contribution in [3.63, 3.8) is 0 Å². The Morgan fingerprint density at radius 2 is 1.57 bits per heavy atom. The van der Waals surface area contributed by atoms with Crippen molar-refractivity contribution in [2.75, 3.05) is 79.2 Å². The predicted molar refractivity (Wildman–Crippen MR) is 111 cm³/mol. The number of benzene rings is 1. The van der Waals surface area contributed by atoms with Gasteiger partial charge in [-0.15, -0.1) is 0 Å². The van der Waals surface area contributed by atoms with Crippen LogP contribution < -0.4 is 0 Å². The molecule has 3 fully saturated rings. The molecule has 0 spiro atoms. The molecule has 4 rings (SSSR count). The average molecular weight is 389 g/mol. The Morgan fingerprint density at radius 3 is 2.29 bits per heavy atom. The number of piperazine rings is 1. The minimum atomic E-state index is -0.554. The Labute approximate surface area is 169 Å². The van der Waals surface area contributed by atoms with Crippen LogP contribution in [0.3, 0.4) is 0 Å². The van der Waals surface area contributed by atoms with E-state index in [1.807, 2.05) is 0 Å². The quantitative estimate of drug-likeness (QED) is 0.774. The second kappa shape index (κ2) is 9.20. The maximum atomic E-state index is 11.1. The van der Waals surface area contributed by atoms with E-state index in [1.54, 1.807) is 0 Å². The summed E-state index contributed by atoms with van der Waals surface area (Å²) in [7, 11) is 2.18. The molecule has 6 heteroatoms. The summed E-state index contributed by atoms with van der Waals surface area (Å²) >= 11 is 0. The number of likely N-dealkylation sites (tertiary alicyclic amines) is 1. The van der Waals surface area contributed by atoms with E-state index in [2.05, 4.69) is 50.9 Å². The molecule has 0 amide bonds. The lowest BCUT2D eigenvalue weighted by Gasteiger charge is -2.37. The van der Waals surface area contributed by atoms with Crippen molar-refractivity contribution in [3.8, 4) is 0 Å². The number of hydrogen-bond donors (Lipinski definition) is 1. The number of β-amino-alcohol motifs (C(OH)–C–C–N with tert-alkyl or cyclic N) is 1. The van der Waals surface area contributed by atoms with E-state index >= 15 is 0 Å². The first-order valence-electron chi connectivity index (χ1n) is 10.8. The monoisotopic (exact) mass is 388 g/mol. The molecule has 3 saturated heterocycles. The summed E-state index contributed by atoms with van der Waals surface area (Å²) in [5.74, 6) is 0. The summed E-state index contributed by atoms with van der Waals surface area (Å²) in [5, 5.41) is 11.1. The molecule has 156 valence electrons. The van der Waals surface area contributed by atoms with Crippen molar-refractivity contribution in [3.05, 3.63) is 35.4 Å². The summed E-state index contributed by atoms with van der Waals surface area (Å²) in [6.07, 6.45) is 0.882. The number of likely N-dealkylation sites (N-methyl/N-ethyl adjacent to an activating group) is 1. The zero-order valence-corrected chi connectivity index (χ0v) is 17.4. The first kappa shape index (κ1) is 20.3. The fraction of sp³-hybridized carbons (Fsp3) is 0.727. The third-order valence-electron chi connectivity index (χ3n) is 6.43. The highest BCUT2D eigenvalue weighted by Gasteiger charge is 2.37. The number of aliphatic hydroxyl groups is 1. The summed E-state index contributed by atoms with van der Waals surface area (Å²) in [5.41, 5.74) is 2.18. The highest BCUT2D eigenvalue weighted by Crippen LogP contribution is 2.25. The molecule has 3 heterocycles. The molecule has 1 aromatic rings. The third kappa shape index (κ3) is 5.53. The molecule has 0 radical (unpaired) electrons. The van der Waals surface area contributed by atoms with Gasteiger partial charge in [0.15, 0.2) is 0 Å². The van der Waals surface area contributed by atoms with E-state index < -0.39 is 5.60 Å². The highest BCUT2D eigenvalue weighted by molar-refractivity contribution is 5.23. The Morgan fingerprint density at radius 1 is 0.893 bits per heavy atom. The molecule has 1 atom stereocenters. The van der Waals surface area contributed by atoms with Gasteiger partial charge in [-0.1, -0.05) is 24.3 Å². The molecule has 0 bridgehead atoms. The van der Waals surface area contributed by atoms with E-state index in [1.165, 1.54) is 11.1 Å². The summed E-state index contributed by atoms with van der Waals surface area (Å²) < 4.78 is 5.45. The number of rotatable bonds is 6. The lowest BCUT2D eigenvalue weighted by atomic mass is 10.0. The number of ether oxygens (including phenoxy) is 1. The standard InChI is InChI=1S/C22H36N4O2/c1-23-7-9-25(10-8-23)18-22(27)5-6-26(19-22)17-21-4-2-3-20(15-21)16-24-11-13-28-14-12-24/h2-4,15,27H,5-14,16-19H2,1H3/t22-/m1/s1. The zero-order valence-electron chi connectivity index (χ0n) is 17.4. The van der Waals surface area contributed by atoms with Crippen LogP contribution in [0, 0.1) is 0 Å². The number of hydrogen-bond acceptors (Lipinski definition) is 6. The fourth-order valence-electron chi connectivity index (χ4n) is 4.73. The summed E-state index contributed by atoms with van der Waals surface area (Å²) in [4.78, 5) is 9.69. The Bertz CT molecular complexity index is 629. The molecule has 3 aliphatic heterocycles. The van der Waals surface area contributed by atoms with Gasteiger partial charge in [0.2, 0.25) is 0 Å². The molecule has 28 heavy (non-hydrogen) atoms. The van der Waals surface area contributed by atoms with Crippen molar-refractivity contribution in [2.45, 2.75) is 25.1 Å². The molecule has 0 aromatic heterocycles. The van der Waals surface area contributed by atoms with E-state index in [4.69, 9.17) is 4.74 Å². The fourth-order valence-corrected chi connectivity index (χ4v) is 4.73. The number of nitrogens with zero attached hydrogens (tertiary/aromatic N) is 4. The van der Waals surface area contributed by atoms with Crippen LogP contribution in [0.5, 0.6) is 0 Å². The Balaban J connectivity index is 1.28. The van der Waals surface area contributed by atoms with E-state index in [0.29, 0.717) is 0 Å². The van der Waals surface area contributed by atoms with Gasteiger partial charge in [0.1, 0.15) is 0 Å². The van der Waals surface area contributed by atoms with Crippen molar-refractivity contribution in [1.82, 2.24) is 19.6 Å². The predicted octanol–water partition coefficient (Wildman–Crippen LogP) is 0.703. The van der Waals surface area contributed by atoms with Gasteiger partial charge in [-0.05, 0) is 24.6 Å². The van der Waals surface area contributed by atoms with E-state index in [0.717, 1.165) is 91.6 Å². The first-order chi connectivity index (χ1) is 13.6. The van der Waals surface area contributed by atoms with Gasteiger partial charge in [-0.3, -0.25) is 14.7 Å². The lowest BCUT2D eigenvalue weighted by Crippen LogP contribution is -2.51. The van der Waals surface area contributed by atoms with Crippen LogP contribution in [0.1, 0.15) is 17.5 Å². The molecule has 1 N–H and O–H groups in total. The molecule has 0 saturated carbocycles. The maximum absolute atomic E-state index is 11.1. The Hall–Kier alpha value is -1.02. The van der Waals surface area contributed by atoms with Crippen LogP contribution in [0.25, 0.3) is 0 Å². The van der Waals surface area contributed by atoms with Crippen LogP contribution in [0.2, 0.25) is 0 Å². The van der Waals surface area contributed by atoms with Crippen molar-refractivity contribution in [2.24, 2.45) is 0 Å². The van der Waals surface area contributed by atoms with Gasteiger partial charge in [0.05, 0.1) is 18.8 Å². The summed E-state index contributed by atoms with van der Waals surface area (Å²) in [6, 6.07) is 8.97. The van der Waals surface area contributed by atoms with Crippen LogP contribution in [-0.2, 0) is 17.8 Å². The smallest absolute Gasteiger partial charge is 0.0912 e. The highest BCUT2D eigenvalue weighted by atomic mass is 16.5. The van der Waals surface area contributed by atoms with Crippen molar-refractivity contribution >= 4 is 0 Å². The maximum Gasteiger partial charge on any atom is 0.0912 e. The van der Waals surface area contributed by atoms with Gasteiger partial charge < -0.3 is 14.7 Å². The molecule has 0 aliphatic carbocycles. The lowest BCUT2D eigenvalue weighted by molar-refractivity contribution is -0.000369. The molecule has 6 nitrogen and oxygen atoms in total. The van der Waals surface area contributed by atoms with Gasteiger partial charge in [0, 0.05) is 72.0 Å². The van der Waals surface area contributed by atoms with Crippen molar-refractivity contribution in [1.29, 1.82) is 0 Å². The molecular weight excluding hydrogens is 352 g/mol. The van der Waals surface area contributed by atoms with Crippen molar-refractivity contribution < 1.29 is 9.84 Å². The second-order valence-electron chi connectivity index (χ2n) is 8.97. The van der Waals surface area contributed by atoms with Crippen LogP contribution >= 0.6 is 0 Å². The largest absolute Gasteiger partial charge is 0.387 e. The SMILES string of the molecule is CN1CCN(C[C@]2(O)CCN(Cc3cccc(CN4CCOCC4)c3)C2)CC1. The topological polar surface area (TPSA) is 42.4 Å². The van der Waals surface area contributed by atoms with Gasteiger partial charge in [-0.2, -0.15) is 0 Å². The van der Waals surface area contributed by atoms with E-state index in [9.17, 15) is 5.11 Å². The van der Waals surface area contributed by atoms with Crippen LogP contribution in [0.15, 0.2) is 24.3 Å². The van der Waals surface area contributed by atoms with Gasteiger partial charge in [0.25, 0.3) is 0 Å². The first-order valence-corrected chi connectivity index (χ1v) is 10.8. The van der Waals surface area contributed by atoms with Gasteiger partial charge >= 0.3 is 0 Å². The van der Waals surface area contributed by atoms with E-state index in [-0.39, 0.29) is 0 Å². The van der Waals surface area contributed by atoms with Crippen LogP contribution in [-0.4, -0.2) is 109 Å². The zero-order chi connectivity index (χ0) is 19.4. The normalized spacial score (nSPS) is 28.8. The Kier molecular flexibility index (Phi) is 6.66. The third-order valence-corrected chi connectivity index (χ3v) is 6.43. The molecule has 0 unspecified atom stereocenters. The molecule has 1 aromatic carbocycles. The molecular formula is C22H36N4O2. The summed E-state index contributed by atoms with van der Waals surface area (Å²) in [6.45, 7) is 12.6. The minimum Gasteiger partial charge on any atom is -0.387 e.